The Hall–Kier alpha value is -0.180. The highest BCUT2D eigenvalue weighted by Crippen LogP contribution is 1.78. The fourth-order valence-electron chi connectivity index (χ4n) is 0.203. The van der Waals surface area contributed by atoms with E-state index in [1.807, 2.05) is 0 Å². The quantitative estimate of drug-likeness (QED) is 0.501. The second-order valence-corrected chi connectivity index (χ2v) is 1.24. The predicted octanol–water partition coefficient (Wildman–Crippen LogP) is 0.747. The molecule has 1 radical (unpaired) electrons. The molecule has 0 atom stereocenters. The van der Waals surface area contributed by atoms with Gasteiger partial charge in [0.25, 0.3) is 0 Å². The van der Waals surface area contributed by atoms with Crippen LogP contribution >= 0.6 is 12.6 Å². The molecule has 2 nitrogen and oxygen atoms in total. The molecule has 0 unspecified atom stereocenters. The number of rotatable bonds is 2. The van der Waals surface area contributed by atoms with Crippen LogP contribution in [0.1, 0.15) is 6.92 Å². The van der Waals surface area contributed by atoms with Gasteiger partial charge in [-0.25, -0.2) is 0 Å². The van der Waals surface area contributed by atoms with E-state index in [1.54, 1.807) is 6.92 Å². The zero-order valence-electron chi connectivity index (χ0n) is 4.14. The van der Waals surface area contributed by atoms with Gasteiger partial charge < -0.3 is 4.74 Å². The summed E-state index contributed by atoms with van der Waals surface area (Å²) in [5, 5.41) is 0. The van der Waals surface area contributed by atoms with Crippen LogP contribution in [-0.2, 0) is 9.53 Å². The molecule has 0 aliphatic heterocycles. The molecule has 0 saturated carbocycles. The Morgan fingerprint density at radius 3 is 2.57 bits per heavy atom. The normalized spacial score (nSPS) is 8.29. The van der Waals surface area contributed by atoms with Gasteiger partial charge in [0.1, 0.15) is 5.75 Å². The van der Waals surface area contributed by atoms with Crippen molar-refractivity contribution in [2.75, 3.05) is 12.4 Å². The Kier molecular flexibility index (Phi) is 3.89. The lowest BCUT2D eigenvalue weighted by molar-refractivity contribution is -0.139. The van der Waals surface area contributed by atoms with E-state index in [0.717, 1.165) is 0 Å². The first-order valence-electron chi connectivity index (χ1n) is 2.05. The van der Waals surface area contributed by atoms with Crippen molar-refractivity contribution in [3.63, 3.8) is 0 Å². The molecule has 0 aromatic carbocycles. The lowest BCUT2D eigenvalue weighted by Gasteiger charge is -1.92. The van der Waals surface area contributed by atoms with Crippen molar-refractivity contribution in [2.24, 2.45) is 0 Å². The largest absolute Gasteiger partial charge is 0.465 e. The van der Waals surface area contributed by atoms with Crippen LogP contribution in [0, 0.1) is 0 Å². The zero-order valence-corrected chi connectivity index (χ0v) is 4.96. The van der Waals surface area contributed by atoms with E-state index < -0.39 is 0 Å². The highest BCUT2D eigenvalue weighted by atomic mass is 32.1. The predicted molar refractivity (Wildman–Crippen MR) is 29.1 cm³/mol. The van der Waals surface area contributed by atoms with Gasteiger partial charge in [0.15, 0.2) is 0 Å². The molecule has 0 aliphatic carbocycles. The molecule has 7 heavy (non-hydrogen) atoms. The van der Waals surface area contributed by atoms with Crippen molar-refractivity contribution in [1.29, 1.82) is 0 Å². The minimum atomic E-state index is -0.308. The maximum atomic E-state index is 10.1. The van der Waals surface area contributed by atoms with Gasteiger partial charge >= 0.3 is 5.97 Å². The molecule has 0 amide bonds. The van der Waals surface area contributed by atoms with Crippen LogP contribution in [0.4, 0.5) is 0 Å². The molecule has 0 spiro atoms. The summed E-state index contributed by atoms with van der Waals surface area (Å²) in [5.74, 6) is -0.245. The summed E-state index contributed by atoms with van der Waals surface area (Å²) in [5.41, 5.74) is 0. The van der Waals surface area contributed by atoms with Crippen molar-refractivity contribution >= 4 is 18.6 Å². The van der Waals surface area contributed by atoms with Crippen LogP contribution in [0.2, 0.25) is 0 Å². The Balaban J connectivity index is 3.00. The highest BCUT2D eigenvalue weighted by Gasteiger charge is 1.92. The van der Waals surface area contributed by atoms with E-state index in [-0.39, 0.29) is 11.7 Å². The summed E-state index contributed by atoms with van der Waals surface area (Å²) >= 11 is 4.37. The average Bonchev–Trinajstić information content (AvgIpc) is 1.68. The highest BCUT2D eigenvalue weighted by molar-refractivity contribution is 7.81. The van der Waals surface area contributed by atoms with Crippen molar-refractivity contribution in [2.45, 2.75) is 6.92 Å². The van der Waals surface area contributed by atoms with Gasteiger partial charge in [-0.1, -0.05) is 12.6 Å². The Labute approximate surface area is 48.3 Å². The summed E-state index contributed by atoms with van der Waals surface area (Å²) in [7, 11) is 0. The van der Waals surface area contributed by atoms with Crippen LogP contribution < -0.4 is 0 Å². The van der Waals surface area contributed by atoms with Gasteiger partial charge in [-0.05, 0) is 6.92 Å². The first kappa shape index (κ1) is 6.82. The van der Waals surface area contributed by atoms with Gasteiger partial charge in [-0.3, -0.25) is 4.79 Å². The first-order valence-corrected chi connectivity index (χ1v) is 2.62. The molecule has 0 aromatic rings. The summed E-state index contributed by atoms with van der Waals surface area (Å²) in [6, 6.07) is 0. The molecule has 0 aromatic heterocycles. The summed E-state index contributed by atoms with van der Waals surface area (Å²) < 4.78 is 4.45. The lowest BCUT2D eigenvalue weighted by atomic mass is 10.8. The van der Waals surface area contributed by atoms with Crippen LogP contribution in [0.25, 0.3) is 0 Å². The first-order chi connectivity index (χ1) is 3.31. The van der Waals surface area contributed by atoms with Crippen LogP contribution in [0.3, 0.4) is 0 Å². The minimum Gasteiger partial charge on any atom is -0.465 e. The van der Waals surface area contributed by atoms with E-state index in [9.17, 15) is 4.79 Å². The average molecular weight is 119 g/mol. The van der Waals surface area contributed by atoms with Crippen LogP contribution in [0.15, 0.2) is 0 Å². The van der Waals surface area contributed by atoms with E-state index in [1.165, 1.54) is 0 Å². The Morgan fingerprint density at radius 2 is 2.43 bits per heavy atom. The van der Waals surface area contributed by atoms with Gasteiger partial charge in [0.2, 0.25) is 0 Å². The zero-order chi connectivity index (χ0) is 5.70. The minimum absolute atomic E-state index is 0.0633. The molecule has 3 heteroatoms. The number of carbonyl (C=O) groups excluding carboxylic acids is 1. The monoisotopic (exact) mass is 119 g/mol. The maximum absolute atomic E-state index is 10.1. The second kappa shape index (κ2) is 3.99. The SMILES string of the molecule is CCOC(=O)C[S]. The fraction of sp³-hybridized carbons (Fsp3) is 0.750. The van der Waals surface area contributed by atoms with Gasteiger partial charge in [-0.2, -0.15) is 0 Å². The standard InChI is InChI=1S/C4H7O2S/c1-2-6-4(5)3-7/h2-3H2,1H3. The van der Waals surface area contributed by atoms with E-state index >= 15 is 0 Å². The third kappa shape index (κ3) is 3.66. The maximum Gasteiger partial charge on any atom is 0.316 e. The number of hydrogen-bond acceptors (Lipinski definition) is 2. The summed E-state index contributed by atoms with van der Waals surface area (Å²) in [4.78, 5) is 10.1. The molecule has 0 N–H and O–H groups in total. The van der Waals surface area contributed by atoms with Crippen molar-refractivity contribution in [1.82, 2.24) is 0 Å². The number of ether oxygens (including phenoxy) is 1. The van der Waals surface area contributed by atoms with E-state index in [0.29, 0.717) is 6.61 Å². The molecule has 0 bridgehead atoms. The Bertz CT molecular complexity index is 62.7. The molecule has 0 fully saturated rings. The molecule has 0 aliphatic rings. The number of carbonyl (C=O) groups is 1. The van der Waals surface area contributed by atoms with E-state index in [2.05, 4.69) is 17.4 Å². The summed E-state index contributed by atoms with van der Waals surface area (Å²) in [6.45, 7) is 2.18. The summed E-state index contributed by atoms with van der Waals surface area (Å²) in [6.07, 6.45) is 0. The van der Waals surface area contributed by atoms with Crippen LogP contribution in [0.5, 0.6) is 0 Å². The molecule has 0 heterocycles. The van der Waals surface area contributed by atoms with Crippen molar-refractivity contribution < 1.29 is 9.53 Å². The van der Waals surface area contributed by atoms with E-state index in [4.69, 9.17) is 0 Å². The molecular formula is C4H7O2S. The molecular weight excluding hydrogens is 112 g/mol. The van der Waals surface area contributed by atoms with Gasteiger partial charge in [-0.15, -0.1) is 0 Å². The fourth-order valence-corrected chi connectivity index (χ4v) is 0.286. The third-order valence-electron chi connectivity index (χ3n) is 0.423. The lowest BCUT2D eigenvalue weighted by Crippen LogP contribution is -2.03. The third-order valence-corrected chi connectivity index (χ3v) is 0.659. The molecule has 0 saturated heterocycles. The number of hydrogen-bond donors (Lipinski definition) is 0. The smallest absolute Gasteiger partial charge is 0.316 e. The van der Waals surface area contributed by atoms with Crippen molar-refractivity contribution in [3.05, 3.63) is 0 Å². The van der Waals surface area contributed by atoms with Crippen molar-refractivity contribution in [3.8, 4) is 0 Å². The van der Waals surface area contributed by atoms with Crippen LogP contribution in [-0.4, -0.2) is 18.3 Å². The van der Waals surface area contributed by atoms with Gasteiger partial charge in [0, 0.05) is 0 Å². The molecule has 41 valence electrons. The Morgan fingerprint density at radius 1 is 1.86 bits per heavy atom. The topological polar surface area (TPSA) is 26.3 Å². The molecule has 0 rings (SSSR count). The number of esters is 1. The second-order valence-electron chi connectivity index (χ2n) is 0.949. The van der Waals surface area contributed by atoms with Gasteiger partial charge in [0.05, 0.1) is 6.61 Å².